The van der Waals surface area contributed by atoms with Gasteiger partial charge < -0.3 is 10.8 Å². The van der Waals surface area contributed by atoms with Crippen LogP contribution in [-0.2, 0) is 5.60 Å². The van der Waals surface area contributed by atoms with E-state index in [4.69, 9.17) is 17.3 Å². The van der Waals surface area contributed by atoms with Gasteiger partial charge in [0.05, 0.1) is 10.6 Å². The van der Waals surface area contributed by atoms with Crippen molar-refractivity contribution in [2.24, 2.45) is 11.8 Å². The second kappa shape index (κ2) is 5.68. The molecule has 2 unspecified atom stereocenters. The normalized spacial score (nSPS) is 27.7. The fourth-order valence-corrected chi connectivity index (χ4v) is 3.46. The van der Waals surface area contributed by atoms with E-state index < -0.39 is 5.60 Å². The predicted octanol–water partition coefficient (Wildman–Crippen LogP) is 3.74. The zero-order valence-electron chi connectivity index (χ0n) is 11.7. The van der Waals surface area contributed by atoms with Gasteiger partial charge in [0.2, 0.25) is 0 Å². The first kappa shape index (κ1) is 14.6. The maximum absolute atomic E-state index is 11.0. The number of hydrogen-bond acceptors (Lipinski definition) is 3. The van der Waals surface area contributed by atoms with Crippen molar-refractivity contribution in [2.45, 2.75) is 51.6 Å². The van der Waals surface area contributed by atoms with Crippen LogP contribution in [0.15, 0.2) is 12.3 Å². The van der Waals surface area contributed by atoms with Crippen molar-refractivity contribution in [3.63, 3.8) is 0 Å². The van der Waals surface area contributed by atoms with Crippen molar-refractivity contribution in [3.8, 4) is 0 Å². The van der Waals surface area contributed by atoms with E-state index in [-0.39, 0.29) is 0 Å². The Morgan fingerprint density at radius 3 is 3.00 bits per heavy atom. The summed E-state index contributed by atoms with van der Waals surface area (Å²) in [5.41, 5.74) is 5.76. The maximum atomic E-state index is 11.0. The third kappa shape index (κ3) is 3.40. The minimum atomic E-state index is -0.861. The molecular weight excluding hydrogens is 260 g/mol. The van der Waals surface area contributed by atoms with Crippen molar-refractivity contribution in [1.29, 1.82) is 0 Å². The van der Waals surface area contributed by atoms with Gasteiger partial charge in [0, 0.05) is 11.8 Å². The Bertz CT molecular complexity index is 450. The molecule has 106 valence electrons. The highest BCUT2D eigenvalue weighted by Crippen LogP contribution is 2.43. The summed E-state index contributed by atoms with van der Waals surface area (Å²) in [5, 5.41) is 11.5. The minimum absolute atomic E-state index is 0.400. The summed E-state index contributed by atoms with van der Waals surface area (Å²) in [5.74, 6) is 1.61. The Morgan fingerprint density at radius 1 is 1.58 bits per heavy atom. The van der Waals surface area contributed by atoms with Crippen molar-refractivity contribution < 1.29 is 5.11 Å². The molecule has 19 heavy (non-hydrogen) atoms. The molecule has 4 heteroatoms. The van der Waals surface area contributed by atoms with Crippen LogP contribution >= 0.6 is 11.6 Å². The third-order valence-corrected chi connectivity index (χ3v) is 4.23. The highest BCUT2D eigenvalue weighted by atomic mass is 35.5. The summed E-state index contributed by atoms with van der Waals surface area (Å²) in [4.78, 5) is 4.07. The van der Waals surface area contributed by atoms with Gasteiger partial charge >= 0.3 is 0 Å². The number of hydrogen-bond donors (Lipinski definition) is 2. The van der Waals surface area contributed by atoms with Gasteiger partial charge in [-0.2, -0.15) is 0 Å². The zero-order chi connectivity index (χ0) is 14.0. The molecule has 3 N–H and O–H groups in total. The molecule has 1 aliphatic rings. The quantitative estimate of drug-likeness (QED) is 0.888. The average molecular weight is 283 g/mol. The van der Waals surface area contributed by atoms with Gasteiger partial charge in [0.1, 0.15) is 5.82 Å². The number of anilines is 1. The molecule has 0 aliphatic heterocycles. The van der Waals surface area contributed by atoms with Gasteiger partial charge in [0.25, 0.3) is 0 Å². The number of halogens is 1. The van der Waals surface area contributed by atoms with E-state index in [1.165, 1.54) is 12.6 Å². The van der Waals surface area contributed by atoms with E-state index in [0.29, 0.717) is 28.2 Å². The van der Waals surface area contributed by atoms with Crippen LogP contribution in [0.1, 0.15) is 51.5 Å². The molecule has 1 aromatic heterocycles. The van der Waals surface area contributed by atoms with Crippen molar-refractivity contribution in [2.75, 3.05) is 5.73 Å². The molecule has 2 rings (SSSR count). The topological polar surface area (TPSA) is 59.1 Å². The van der Waals surface area contributed by atoms with Gasteiger partial charge in [0.15, 0.2) is 0 Å². The molecule has 0 aromatic carbocycles. The summed E-state index contributed by atoms with van der Waals surface area (Å²) in [7, 11) is 0. The van der Waals surface area contributed by atoms with Crippen molar-refractivity contribution >= 4 is 17.4 Å². The lowest BCUT2D eigenvalue weighted by molar-refractivity contribution is -0.0240. The van der Waals surface area contributed by atoms with Crippen LogP contribution in [0.4, 0.5) is 5.82 Å². The van der Waals surface area contributed by atoms with Crippen LogP contribution in [0, 0.1) is 11.8 Å². The average Bonchev–Trinajstić information content (AvgIpc) is 2.31. The zero-order valence-corrected chi connectivity index (χ0v) is 12.5. The first-order chi connectivity index (χ1) is 8.90. The van der Waals surface area contributed by atoms with Crippen LogP contribution < -0.4 is 5.73 Å². The fourth-order valence-electron chi connectivity index (χ4n) is 3.30. The molecule has 0 saturated heterocycles. The number of nitrogen functional groups attached to an aromatic ring is 1. The minimum Gasteiger partial charge on any atom is -0.385 e. The standard InChI is InChI=1S/C15H23ClN2O/c1-10(2)6-11-4-3-5-15(19,8-11)13-7-12(16)9-18-14(13)17/h7,9-11,19H,3-6,8H2,1-2H3,(H2,17,18). The van der Waals surface area contributed by atoms with Gasteiger partial charge in [-0.15, -0.1) is 0 Å². The molecule has 3 nitrogen and oxygen atoms in total. The molecule has 1 aliphatic carbocycles. The Balaban J connectivity index is 2.23. The molecule has 2 atom stereocenters. The molecule has 1 saturated carbocycles. The van der Waals surface area contributed by atoms with E-state index in [9.17, 15) is 5.11 Å². The summed E-state index contributed by atoms with van der Waals surface area (Å²) >= 11 is 5.99. The Hall–Kier alpha value is -0.800. The Kier molecular flexibility index (Phi) is 4.36. The monoisotopic (exact) mass is 282 g/mol. The Labute approximate surface area is 120 Å². The summed E-state index contributed by atoms with van der Waals surface area (Å²) in [6.45, 7) is 4.45. The van der Waals surface area contributed by atoms with Crippen LogP contribution in [0.3, 0.4) is 0 Å². The van der Waals surface area contributed by atoms with E-state index in [1.54, 1.807) is 6.07 Å². The van der Waals surface area contributed by atoms with E-state index in [1.807, 2.05) is 0 Å². The van der Waals surface area contributed by atoms with Crippen molar-refractivity contribution in [1.82, 2.24) is 4.98 Å². The van der Waals surface area contributed by atoms with E-state index in [0.717, 1.165) is 25.7 Å². The summed E-state index contributed by atoms with van der Waals surface area (Å²) < 4.78 is 0. The van der Waals surface area contributed by atoms with Crippen molar-refractivity contribution in [3.05, 3.63) is 22.8 Å². The van der Waals surface area contributed by atoms with Crippen LogP contribution in [-0.4, -0.2) is 10.1 Å². The number of rotatable bonds is 3. The number of aliphatic hydroxyl groups is 1. The molecule has 0 bridgehead atoms. The highest BCUT2D eigenvalue weighted by Gasteiger charge is 2.37. The molecule has 1 heterocycles. The summed E-state index contributed by atoms with van der Waals surface area (Å²) in [6, 6.07) is 1.77. The number of nitrogens with two attached hydrogens (primary N) is 1. The summed E-state index contributed by atoms with van der Waals surface area (Å²) in [6.07, 6.45) is 6.40. The largest absolute Gasteiger partial charge is 0.385 e. The maximum Gasteiger partial charge on any atom is 0.129 e. The van der Waals surface area contributed by atoms with Crippen LogP contribution in [0.2, 0.25) is 5.02 Å². The van der Waals surface area contributed by atoms with Gasteiger partial charge in [-0.25, -0.2) is 4.98 Å². The second-order valence-corrected chi connectivity index (χ2v) is 6.65. The van der Waals surface area contributed by atoms with E-state index >= 15 is 0 Å². The first-order valence-corrected chi connectivity index (χ1v) is 7.42. The smallest absolute Gasteiger partial charge is 0.129 e. The van der Waals surface area contributed by atoms with E-state index in [2.05, 4.69) is 18.8 Å². The lowest BCUT2D eigenvalue weighted by Crippen LogP contribution is -2.34. The fraction of sp³-hybridized carbons (Fsp3) is 0.667. The van der Waals surface area contributed by atoms with Crippen LogP contribution in [0.25, 0.3) is 0 Å². The highest BCUT2D eigenvalue weighted by molar-refractivity contribution is 6.30. The lowest BCUT2D eigenvalue weighted by Gasteiger charge is -2.38. The first-order valence-electron chi connectivity index (χ1n) is 7.04. The number of nitrogens with zero attached hydrogens (tertiary/aromatic N) is 1. The Morgan fingerprint density at radius 2 is 2.32 bits per heavy atom. The molecule has 0 radical (unpaired) electrons. The lowest BCUT2D eigenvalue weighted by atomic mass is 9.72. The van der Waals surface area contributed by atoms with Crippen LogP contribution in [0.5, 0.6) is 0 Å². The molecule has 1 aromatic rings. The second-order valence-electron chi connectivity index (χ2n) is 6.21. The van der Waals surface area contributed by atoms with Gasteiger partial charge in [-0.3, -0.25) is 0 Å². The molecule has 1 fully saturated rings. The molecule has 0 amide bonds. The van der Waals surface area contributed by atoms with Gasteiger partial charge in [-0.1, -0.05) is 31.9 Å². The third-order valence-electron chi connectivity index (χ3n) is 4.02. The SMILES string of the molecule is CC(C)CC1CCCC(O)(c2cc(Cl)cnc2N)C1. The van der Waals surface area contributed by atoms with Gasteiger partial charge in [-0.05, 0) is 43.6 Å². The number of aromatic nitrogens is 1. The molecular formula is C15H23ClN2O. The predicted molar refractivity (Wildman–Crippen MR) is 79.0 cm³/mol. The number of pyridine rings is 1. The molecule has 0 spiro atoms.